The highest BCUT2D eigenvalue weighted by atomic mass is 16.3. The summed E-state index contributed by atoms with van der Waals surface area (Å²) in [6.45, 7) is 0. The van der Waals surface area contributed by atoms with Crippen LogP contribution in [-0.2, 0) is 17.6 Å². The topological polar surface area (TPSA) is 43.4 Å². The van der Waals surface area contributed by atoms with Crippen molar-refractivity contribution in [3.8, 4) is 0 Å². The fraction of sp³-hybridized carbons (Fsp3) is 0.133. The fourth-order valence-electron chi connectivity index (χ4n) is 1.50. The van der Waals surface area contributed by atoms with Crippen LogP contribution < -0.4 is 0 Å². The van der Waals surface area contributed by atoms with Crippen LogP contribution in [0.3, 0.4) is 0 Å². The van der Waals surface area contributed by atoms with Gasteiger partial charge in [-0.05, 0) is 36.4 Å². The maximum Gasteiger partial charge on any atom is 0.178 e. The lowest BCUT2D eigenvalue weighted by Gasteiger charge is -1.88. The number of rotatable bonds is 6. The van der Waals surface area contributed by atoms with E-state index in [9.17, 15) is 4.79 Å². The molecule has 2 heterocycles. The number of hydrogen-bond donors (Lipinski definition) is 0. The maximum absolute atomic E-state index is 11.5. The monoisotopic (exact) mass is 242 g/mol. The van der Waals surface area contributed by atoms with Gasteiger partial charge in [0.2, 0.25) is 0 Å². The minimum absolute atomic E-state index is 0.0342. The average molecular weight is 242 g/mol. The van der Waals surface area contributed by atoms with Crippen molar-refractivity contribution < 1.29 is 13.6 Å². The number of furan rings is 2. The molecule has 0 fully saturated rings. The van der Waals surface area contributed by atoms with E-state index in [1.54, 1.807) is 36.8 Å². The summed E-state index contributed by atoms with van der Waals surface area (Å²) in [4.78, 5) is 11.5. The molecule has 0 saturated heterocycles. The Balaban J connectivity index is 1.74. The van der Waals surface area contributed by atoms with E-state index in [1.807, 2.05) is 24.3 Å². The van der Waals surface area contributed by atoms with E-state index >= 15 is 0 Å². The van der Waals surface area contributed by atoms with Gasteiger partial charge in [0.05, 0.1) is 12.5 Å². The Morgan fingerprint density at radius 3 is 1.83 bits per heavy atom. The van der Waals surface area contributed by atoms with Crippen LogP contribution in [0.1, 0.15) is 11.5 Å². The zero-order chi connectivity index (χ0) is 12.6. The Bertz CT molecular complexity index is 468. The lowest BCUT2D eigenvalue weighted by molar-refractivity contribution is -0.110. The maximum atomic E-state index is 11.5. The molecule has 0 aromatic carbocycles. The largest absolute Gasteiger partial charge is 0.469 e. The first kappa shape index (κ1) is 12.2. The third kappa shape index (κ3) is 3.94. The van der Waals surface area contributed by atoms with Crippen LogP contribution in [0.2, 0.25) is 0 Å². The van der Waals surface area contributed by atoms with Gasteiger partial charge in [-0.2, -0.15) is 0 Å². The summed E-state index contributed by atoms with van der Waals surface area (Å²) < 4.78 is 10.3. The first-order chi connectivity index (χ1) is 8.84. The molecule has 2 rings (SSSR count). The van der Waals surface area contributed by atoms with Crippen molar-refractivity contribution in [3.63, 3.8) is 0 Å². The highest BCUT2D eigenvalue weighted by Gasteiger charge is 1.94. The molecule has 0 unspecified atom stereocenters. The van der Waals surface area contributed by atoms with Crippen LogP contribution in [0.15, 0.2) is 69.9 Å². The van der Waals surface area contributed by atoms with Crippen molar-refractivity contribution in [3.05, 3.63) is 72.6 Å². The molecule has 0 aliphatic heterocycles. The van der Waals surface area contributed by atoms with Crippen LogP contribution >= 0.6 is 0 Å². The minimum Gasteiger partial charge on any atom is -0.469 e. The highest BCUT2D eigenvalue weighted by Crippen LogP contribution is 2.02. The third-order valence-corrected chi connectivity index (χ3v) is 2.36. The van der Waals surface area contributed by atoms with E-state index < -0.39 is 0 Å². The van der Waals surface area contributed by atoms with Crippen molar-refractivity contribution in [2.45, 2.75) is 12.8 Å². The molecule has 3 heteroatoms. The second-order valence-corrected chi connectivity index (χ2v) is 3.77. The molecule has 0 aliphatic carbocycles. The van der Waals surface area contributed by atoms with Crippen molar-refractivity contribution in [1.82, 2.24) is 0 Å². The van der Waals surface area contributed by atoms with Gasteiger partial charge >= 0.3 is 0 Å². The Kier molecular flexibility index (Phi) is 4.36. The quantitative estimate of drug-likeness (QED) is 0.730. The van der Waals surface area contributed by atoms with Gasteiger partial charge in [-0.25, -0.2) is 0 Å². The number of hydrogen-bond acceptors (Lipinski definition) is 3. The van der Waals surface area contributed by atoms with E-state index in [0.717, 1.165) is 11.5 Å². The van der Waals surface area contributed by atoms with Crippen LogP contribution in [0.5, 0.6) is 0 Å². The summed E-state index contributed by atoms with van der Waals surface area (Å²) >= 11 is 0. The normalized spacial score (nSPS) is 11.6. The second kappa shape index (κ2) is 6.45. The number of carbonyl (C=O) groups excluding carboxylic acids is 1. The SMILES string of the molecule is O=C(C=CCc1ccco1)C=CCc1ccco1. The Morgan fingerprint density at radius 2 is 1.44 bits per heavy atom. The van der Waals surface area contributed by atoms with E-state index in [1.165, 1.54) is 0 Å². The molecule has 2 aromatic rings. The minimum atomic E-state index is -0.0342. The van der Waals surface area contributed by atoms with Crippen LogP contribution in [0, 0.1) is 0 Å². The zero-order valence-electron chi connectivity index (χ0n) is 9.91. The van der Waals surface area contributed by atoms with Crippen LogP contribution in [0.25, 0.3) is 0 Å². The van der Waals surface area contributed by atoms with Crippen molar-refractivity contribution >= 4 is 5.78 Å². The van der Waals surface area contributed by atoms with Crippen LogP contribution in [-0.4, -0.2) is 5.78 Å². The lowest BCUT2D eigenvalue weighted by Crippen LogP contribution is -1.87. The predicted octanol–water partition coefficient (Wildman–Crippen LogP) is 3.34. The van der Waals surface area contributed by atoms with Crippen molar-refractivity contribution in [2.75, 3.05) is 0 Å². The Morgan fingerprint density at radius 1 is 0.944 bits per heavy atom. The summed E-state index contributed by atoms with van der Waals surface area (Å²) in [7, 11) is 0. The second-order valence-electron chi connectivity index (χ2n) is 3.77. The third-order valence-electron chi connectivity index (χ3n) is 2.36. The Hall–Kier alpha value is -2.29. The molecule has 92 valence electrons. The Labute approximate surface area is 105 Å². The molecule has 0 N–H and O–H groups in total. The highest BCUT2D eigenvalue weighted by molar-refractivity contribution is 5.99. The summed E-state index contributed by atoms with van der Waals surface area (Å²) in [5, 5.41) is 0. The molecule has 2 aromatic heterocycles. The number of allylic oxidation sites excluding steroid dienone is 4. The molecular weight excluding hydrogens is 228 g/mol. The number of carbonyl (C=O) groups is 1. The van der Waals surface area contributed by atoms with E-state index in [-0.39, 0.29) is 5.78 Å². The van der Waals surface area contributed by atoms with Gasteiger partial charge in [0, 0.05) is 12.8 Å². The summed E-state index contributed by atoms with van der Waals surface area (Å²) in [5.74, 6) is 1.66. The van der Waals surface area contributed by atoms with Gasteiger partial charge in [0.1, 0.15) is 11.5 Å². The van der Waals surface area contributed by atoms with Gasteiger partial charge in [0.15, 0.2) is 5.78 Å². The molecule has 0 radical (unpaired) electrons. The van der Waals surface area contributed by atoms with Gasteiger partial charge in [-0.3, -0.25) is 4.79 Å². The van der Waals surface area contributed by atoms with Gasteiger partial charge in [-0.15, -0.1) is 0 Å². The summed E-state index contributed by atoms with van der Waals surface area (Å²) in [5.41, 5.74) is 0. The van der Waals surface area contributed by atoms with E-state index in [2.05, 4.69) is 0 Å². The van der Waals surface area contributed by atoms with Crippen molar-refractivity contribution in [2.24, 2.45) is 0 Å². The standard InChI is InChI=1S/C15H14O3/c16-13(5-1-7-14-9-3-11-17-14)6-2-8-15-10-4-12-18-15/h1-6,9-12H,7-8H2. The van der Waals surface area contributed by atoms with E-state index in [4.69, 9.17) is 8.83 Å². The lowest BCUT2D eigenvalue weighted by atomic mass is 10.2. The summed E-state index contributed by atoms with van der Waals surface area (Å²) in [6.07, 6.45) is 11.2. The zero-order valence-corrected chi connectivity index (χ0v) is 9.91. The molecule has 3 nitrogen and oxygen atoms in total. The average Bonchev–Trinajstić information content (AvgIpc) is 3.01. The van der Waals surface area contributed by atoms with E-state index in [0.29, 0.717) is 12.8 Å². The molecule has 0 spiro atoms. The molecule has 0 bridgehead atoms. The molecular formula is C15H14O3. The number of ketones is 1. The summed E-state index contributed by atoms with van der Waals surface area (Å²) in [6, 6.07) is 7.41. The molecule has 0 amide bonds. The smallest absolute Gasteiger partial charge is 0.178 e. The first-order valence-electron chi connectivity index (χ1n) is 5.76. The van der Waals surface area contributed by atoms with Crippen LogP contribution in [0.4, 0.5) is 0 Å². The molecule has 0 aliphatic rings. The predicted molar refractivity (Wildman–Crippen MR) is 68.1 cm³/mol. The fourth-order valence-corrected chi connectivity index (χ4v) is 1.50. The molecule has 18 heavy (non-hydrogen) atoms. The van der Waals surface area contributed by atoms with Gasteiger partial charge in [-0.1, -0.05) is 12.2 Å². The molecule has 0 atom stereocenters. The van der Waals surface area contributed by atoms with Gasteiger partial charge in [0.25, 0.3) is 0 Å². The molecule has 0 saturated carbocycles. The first-order valence-corrected chi connectivity index (χ1v) is 5.76. The van der Waals surface area contributed by atoms with Gasteiger partial charge < -0.3 is 8.83 Å². The van der Waals surface area contributed by atoms with Crippen molar-refractivity contribution in [1.29, 1.82) is 0 Å².